The summed E-state index contributed by atoms with van der Waals surface area (Å²) in [6, 6.07) is 0. The van der Waals surface area contributed by atoms with E-state index >= 15 is 0 Å². The van der Waals surface area contributed by atoms with Crippen LogP contribution in [0.3, 0.4) is 0 Å². The molecule has 6 heteroatoms. The number of azo groups is 1. The summed E-state index contributed by atoms with van der Waals surface area (Å²) in [5.41, 5.74) is 0. The van der Waals surface area contributed by atoms with Crippen molar-refractivity contribution in [3.05, 3.63) is 0 Å². The highest BCUT2D eigenvalue weighted by molar-refractivity contribution is 8.77. The fourth-order valence-electron chi connectivity index (χ4n) is 0.649. The normalized spacial score (nSPS) is 27.9. The van der Waals surface area contributed by atoms with Crippen LogP contribution in [0.4, 0.5) is 0 Å². The predicted molar refractivity (Wildman–Crippen MR) is 49.0 cm³/mol. The average molecular weight is 204 g/mol. The highest BCUT2D eigenvalue weighted by Gasteiger charge is 2.20. The van der Waals surface area contributed by atoms with E-state index in [0.717, 1.165) is 6.42 Å². The maximum Gasteiger partial charge on any atom is 0.278 e. The van der Waals surface area contributed by atoms with Crippen molar-refractivity contribution in [1.82, 2.24) is 0 Å². The van der Waals surface area contributed by atoms with Crippen LogP contribution in [0.2, 0.25) is 0 Å². The van der Waals surface area contributed by atoms with Crippen molar-refractivity contribution >= 4 is 33.4 Å². The molecule has 0 N–H and O–H groups in total. The third-order valence-corrected chi connectivity index (χ3v) is 4.00. The fraction of sp³-hybridized carbons (Fsp3) is 0.667. The van der Waals surface area contributed by atoms with E-state index in [1.165, 1.54) is 21.6 Å². The van der Waals surface area contributed by atoms with Gasteiger partial charge in [-0.1, -0.05) is 28.5 Å². The molecule has 4 nitrogen and oxygen atoms in total. The van der Waals surface area contributed by atoms with Gasteiger partial charge in [-0.3, -0.25) is 9.59 Å². The number of hydrogen-bond donors (Lipinski definition) is 0. The van der Waals surface area contributed by atoms with Gasteiger partial charge in [0.1, 0.15) is 0 Å². The van der Waals surface area contributed by atoms with Crippen molar-refractivity contribution in [2.45, 2.75) is 18.6 Å². The van der Waals surface area contributed by atoms with Gasteiger partial charge in [0, 0.05) is 0 Å². The molecular formula is C6H8N2O2S2. The molecule has 0 aromatic rings. The Hall–Kier alpha value is -0.360. The maximum atomic E-state index is 11.1. The van der Waals surface area contributed by atoms with E-state index in [1.54, 1.807) is 0 Å². The van der Waals surface area contributed by atoms with Crippen LogP contribution in [0, 0.1) is 0 Å². The van der Waals surface area contributed by atoms with E-state index in [-0.39, 0.29) is 17.1 Å². The molecule has 0 aromatic carbocycles. The molecule has 1 rings (SSSR count). The molecule has 1 atom stereocenters. The summed E-state index contributed by atoms with van der Waals surface area (Å²) in [5.74, 6) is -0.337. The summed E-state index contributed by atoms with van der Waals surface area (Å²) in [6.07, 6.45) is 0.726. The molecule has 1 aliphatic heterocycles. The molecule has 0 aromatic heterocycles. The Kier molecular flexibility index (Phi) is 3.74. The van der Waals surface area contributed by atoms with Crippen molar-refractivity contribution in [3.8, 4) is 0 Å². The lowest BCUT2D eigenvalue weighted by Crippen LogP contribution is -2.15. The lowest BCUT2D eigenvalue weighted by Gasteiger charge is -2.09. The van der Waals surface area contributed by atoms with E-state index in [2.05, 4.69) is 10.2 Å². The first kappa shape index (κ1) is 9.73. The number of amides is 2. The molecular weight excluding hydrogens is 196 g/mol. The van der Waals surface area contributed by atoms with Gasteiger partial charge in [-0.15, -0.1) is 10.2 Å². The molecule has 1 heterocycles. The largest absolute Gasteiger partial charge is 0.278 e. The number of carbonyl (C=O) groups is 2. The molecule has 0 aliphatic carbocycles. The van der Waals surface area contributed by atoms with E-state index in [9.17, 15) is 9.59 Å². The van der Waals surface area contributed by atoms with Gasteiger partial charge in [-0.05, 0) is 6.42 Å². The zero-order valence-corrected chi connectivity index (χ0v) is 8.15. The highest BCUT2D eigenvalue weighted by Crippen LogP contribution is 2.30. The summed E-state index contributed by atoms with van der Waals surface area (Å²) in [4.78, 5) is 21.8. The zero-order chi connectivity index (χ0) is 8.97. The second kappa shape index (κ2) is 4.61. The van der Waals surface area contributed by atoms with Gasteiger partial charge in [0.05, 0.1) is 11.0 Å². The molecule has 66 valence electrons. The van der Waals surface area contributed by atoms with Crippen LogP contribution < -0.4 is 0 Å². The Morgan fingerprint density at radius 2 is 2.25 bits per heavy atom. The van der Waals surface area contributed by atoms with Crippen LogP contribution in [0.5, 0.6) is 0 Å². The number of rotatable bonds is 1. The van der Waals surface area contributed by atoms with Gasteiger partial charge in [-0.25, -0.2) is 0 Å². The van der Waals surface area contributed by atoms with Crippen LogP contribution in [-0.4, -0.2) is 22.8 Å². The van der Waals surface area contributed by atoms with E-state index in [1.807, 2.05) is 6.92 Å². The van der Waals surface area contributed by atoms with Crippen molar-refractivity contribution in [2.75, 3.05) is 5.75 Å². The fourth-order valence-corrected chi connectivity index (χ4v) is 2.96. The van der Waals surface area contributed by atoms with Crippen LogP contribution >= 0.6 is 21.6 Å². The molecule has 12 heavy (non-hydrogen) atoms. The molecule has 0 saturated heterocycles. The summed E-state index contributed by atoms with van der Waals surface area (Å²) in [6.45, 7) is 1.91. The van der Waals surface area contributed by atoms with Crippen LogP contribution in [0.25, 0.3) is 0 Å². The minimum Gasteiger partial charge on any atom is -0.270 e. The lowest BCUT2D eigenvalue weighted by atomic mass is 10.3. The molecule has 1 aliphatic rings. The number of nitrogens with zero attached hydrogens (tertiary/aromatic N) is 2. The monoisotopic (exact) mass is 204 g/mol. The van der Waals surface area contributed by atoms with Gasteiger partial charge < -0.3 is 0 Å². The minimum absolute atomic E-state index is 0.146. The van der Waals surface area contributed by atoms with Crippen molar-refractivity contribution in [1.29, 1.82) is 0 Å². The molecule has 0 bridgehead atoms. The van der Waals surface area contributed by atoms with Gasteiger partial charge in [0.2, 0.25) is 0 Å². The SMILES string of the molecule is CCC1SSCC(=O)/N=N\C1=O. The van der Waals surface area contributed by atoms with E-state index in [4.69, 9.17) is 0 Å². The van der Waals surface area contributed by atoms with Gasteiger partial charge >= 0.3 is 0 Å². The van der Waals surface area contributed by atoms with Crippen LogP contribution in [0.1, 0.15) is 13.3 Å². The van der Waals surface area contributed by atoms with E-state index in [0.29, 0.717) is 5.75 Å². The molecule has 1 unspecified atom stereocenters. The number of carbonyl (C=O) groups excluding carboxylic acids is 2. The third-order valence-electron chi connectivity index (χ3n) is 1.27. The minimum atomic E-state index is -0.338. The summed E-state index contributed by atoms with van der Waals surface area (Å²) >= 11 is 0. The summed E-state index contributed by atoms with van der Waals surface area (Å²) < 4.78 is 0. The third kappa shape index (κ3) is 2.60. The molecule has 0 saturated carbocycles. The summed E-state index contributed by atoms with van der Waals surface area (Å²) in [5, 5.41) is 6.44. The topological polar surface area (TPSA) is 58.9 Å². The van der Waals surface area contributed by atoms with E-state index < -0.39 is 0 Å². The Balaban J connectivity index is 2.67. The summed E-state index contributed by atoms with van der Waals surface area (Å²) in [7, 11) is 2.77. The first-order valence-corrected chi connectivity index (χ1v) is 5.89. The second-order valence-corrected chi connectivity index (χ2v) is 4.76. The van der Waals surface area contributed by atoms with Crippen LogP contribution in [0.15, 0.2) is 10.2 Å². The smallest absolute Gasteiger partial charge is 0.270 e. The Morgan fingerprint density at radius 1 is 1.50 bits per heavy atom. The molecule has 2 amide bonds. The van der Waals surface area contributed by atoms with Crippen LogP contribution in [-0.2, 0) is 9.59 Å². The Morgan fingerprint density at radius 3 is 2.92 bits per heavy atom. The Labute approximate surface area is 78.0 Å². The first-order valence-electron chi connectivity index (χ1n) is 3.50. The zero-order valence-electron chi connectivity index (χ0n) is 6.52. The molecule has 0 radical (unpaired) electrons. The quantitative estimate of drug-likeness (QED) is 0.609. The number of hydrogen-bond acceptors (Lipinski definition) is 4. The lowest BCUT2D eigenvalue weighted by molar-refractivity contribution is -0.120. The molecule has 0 spiro atoms. The van der Waals surface area contributed by atoms with Gasteiger partial charge in [-0.2, -0.15) is 0 Å². The second-order valence-electron chi connectivity index (χ2n) is 2.19. The van der Waals surface area contributed by atoms with Crippen molar-refractivity contribution < 1.29 is 9.59 Å². The Bertz CT molecular complexity index is 230. The average Bonchev–Trinajstić information content (AvgIpc) is 2.06. The predicted octanol–water partition coefficient (Wildman–Crippen LogP) is 1.67. The van der Waals surface area contributed by atoms with Gasteiger partial charge in [0.15, 0.2) is 0 Å². The first-order chi connectivity index (χ1) is 5.74. The van der Waals surface area contributed by atoms with Crippen molar-refractivity contribution in [3.63, 3.8) is 0 Å². The standard InChI is InChI=1S/C6H8N2O2S2/c1-2-4-6(10)8-7-5(9)3-11-12-4/h4H,2-3H2,1H3/b8-7-. The molecule has 0 fully saturated rings. The highest BCUT2D eigenvalue weighted by atomic mass is 33.1. The van der Waals surface area contributed by atoms with Gasteiger partial charge in [0.25, 0.3) is 11.8 Å². The van der Waals surface area contributed by atoms with Crippen molar-refractivity contribution in [2.24, 2.45) is 10.2 Å². The maximum absolute atomic E-state index is 11.1.